The SMILES string of the molecule is Cc1ccc(C(C)C)c(OCc2ccc(C(=O)NNC(=O)Cc3ccccc3F)cc2)c1. The van der Waals surface area contributed by atoms with Gasteiger partial charge in [0.25, 0.3) is 5.91 Å². The minimum absolute atomic E-state index is 0.166. The Morgan fingerprint density at radius 1 is 0.969 bits per heavy atom. The summed E-state index contributed by atoms with van der Waals surface area (Å²) in [6.07, 6.45) is -0.166. The number of hydrogen-bond acceptors (Lipinski definition) is 3. The summed E-state index contributed by atoms with van der Waals surface area (Å²) in [5.74, 6) is -0.213. The zero-order chi connectivity index (χ0) is 23.1. The van der Waals surface area contributed by atoms with Crippen LogP contribution in [0.25, 0.3) is 0 Å². The smallest absolute Gasteiger partial charge is 0.269 e. The summed E-state index contributed by atoms with van der Waals surface area (Å²) in [5, 5.41) is 0. The van der Waals surface area contributed by atoms with Gasteiger partial charge in [0.05, 0.1) is 6.42 Å². The molecule has 6 heteroatoms. The standard InChI is InChI=1S/C26H27FN2O3/c1-17(2)22-13-8-18(3)14-24(22)32-16-19-9-11-20(12-10-19)26(31)29-28-25(30)15-21-6-4-5-7-23(21)27/h4-14,17H,15-16H2,1-3H3,(H,28,30)(H,29,31). The highest BCUT2D eigenvalue weighted by atomic mass is 19.1. The predicted molar refractivity (Wildman–Crippen MR) is 122 cm³/mol. The van der Waals surface area contributed by atoms with Crippen molar-refractivity contribution in [2.75, 3.05) is 0 Å². The lowest BCUT2D eigenvalue weighted by Crippen LogP contribution is -2.42. The molecule has 0 aliphatic carbocycles. The molecule has 0 saturated carbocycles. The highest BCUT2D eigenvalue weighted by Crippen LogP contribution is 2.28. The van der Waals surface area contributed by atoms with Crippen molar-refractivity contribution >= 4 is 11.8 Å². The maximum absolute atomic E-state index is 13.6. The van der Waals surface area contributed by atoms with Crippen molar-refractivity contribution in [3.63, 3.8) is 0 Å². The van der Waals surface area contributed by atoms with Gasteiger partial charge in [-0.3, -0.25) is 20.4 Å². The van der Waals surface area contributed by atoms with Crippen LogP contribution < -0.4 is 15.6 Å². The molecule has 0 aliphatic heterocycles. The molecule has 166 valence electrons. The first-order chi connectivity index (χ1) is 15.3. The van der Waals surface area contributed by atoms with E-state index in [0.717, 1.165) is 22.4 Å². The third-order valence-electron chi connectivity index (χ3n) is 5.03. The number of nitrogens with one attached hydrogen (secondary N) is 2. The lowest BCUT2D eigenvalue weighted by Gasteiger charge is -2.15. The molecule has 0 fully saturated rings. The second-order valence-corrected chi connectivity index (χ2v) is 7.95. The van der Waals surface area contributed by atoms with E-state index in [1.807, 2.05) is 13.0 Å². The number of aryl methyl sites for hydroxylation is 1. The summed E-state index contributed by atoms with van der Waals surface area (Å²) in [6.45, 7) is 6.66. The summed E-state index contributed by atoms with van der Waals surface area (Å²) in [4.78, 5) is 24.2. The van der Waals surface area contributed by atoms with Crippen LogP contribution in [-0.2, 0) is 17.8 Å². The summed E-state index contributed by atoms with van der Waals surface area (Å²) in [5.41, 5.74) is 8.51. The van der Waals surface area contributed by atoms with Gasteiger partial charge in [0.1, 0.15) is 18.2 Å². The van der Waals surface area contributed by atoms with Crippen molar-refractivity contribution in [1.82, 2.24) is 10.9 Å². The molecule has 0 atom stereocenters. The Morgan fingerprint density at radius 2 is 1.69 bits per heavy atom. The van der Waals surface area contributed by atoms with Crippen LogP contribution in [0.4, 0.5) is 4.39 Å². The highest BCUT2D eigenvalue weighted by molar-refractivity contribution is 5.95. The topological polar surface area (TPSA) is 67.4 Å². The largest absolute Gasteiger partial charge is 0.489 e. The molecule has 3 aromatic rings. The number of hydrogen-bond donors (Lipinski definition) is 2. The fraction of sp³-hybridized carbons (Fsp3) is 0.231. The van der Waals surface area contributed by atoms with Crippen LogP contribution in [0.1, 0.15) is 52.4 Å². The Labute approximate surface area is 187 Å². The first-order valence-corrected chi connectivity index (χ1v) is 10.5. The van der Waals surface area contributed by atoms with Crippen LogP contribution in [0, 0.1) is 12.7 Å². The average molecular weight is 435 g/mol. The van der Waals surface area contributed by atoms with Crippen molar-refractivity contribution in [2.45, 2.75) is 39.7 Å². The Hall–Kier alpha value is -3.67. The monoisotopic (exact) mass is 434 g/mol. The summed E-state index contributed by atoms with van der Waals surface area (Å²) in [6, 6.07) is 19.1. The van der Waals surface area contributed by atoms with Crippen molar-refractivity contribution in [1.29, 1.82) is 0 Å². The number of hydrazine groups is 1. The zero-order valence-corrected chi connectivity index (χ0v) is 18.4. The molecule has 5 nitrogen and oxygen atoms in total. The van der Waals surface area contributed by atoms with E-state index in [4.69, 9.17) is 4.74 Å². The first kappa shape index (κ1) is 23.0. The van der Waals surface area contributed by atoms with E-state index in [0.29, 0.717) is 18.1 Å². The molecule has 2 amide bonds. The molecule has 2 N–H and O–H groups in total. The predicted octanol–water partition coefficient (Wildman–Crippen LogP) is 4.84. The van der Waals surface area contributed by atoms with Gasteiger partial charge in [0.15, 0.2) is 0 Å². The Balaban J connectivity index is 1.53. The molecule has 3 rings (SSSR count). The van der Waals surface area contributed by atoms with Crippen molar-refractivity contribution in [3.8, 4) is 5.75 Å². The molecular weight excluding hydrogens is 407 g/mol. The second-order valence-electron chi connectivity index (χ2n) is 7.95. The van der Waals surface area contributed by atoms with E-state index in [1.165, 1.54) is 12.1 Å². The number of halogens is 1. The lowest BCUT2D eigenvalue weighted by atomic mass is 10.0. The van der Waals surface area contributed by atoms with E-state index in [9.17, 15) is 14.0 Å². The van der Waals surface area contributed by atoms with Gasteiger partial charge in [0, 0.05) is 5.56 Å². The van der Waals surface area contributed by atoms with E-state index in [-0.39, 0.29) is 12.0 Å². The Bertz CT molecular complexity index is 1090. The van der Waals surface area contributed by atoms with Gasteiger partial charge in [-0.25, -0.2) is 4.39 Å². The minimum atomic E-state index is -0.507. The van der Waals surface area contributed by atoms with Gasteiger partial charge in [-0.1, -0.05) is 56.3 Å². The normalized spacial score (nSPS) is 10.7. The van der Waals surface area contributed by atoms with Crippen LogP contribution in [0.2, 0.25) is 0 Å². The van der Waals surface area contributed by atoms with Crippen LogP contribution >= 0.6 is 0 Å². The third-order valence-corrected chi connectivity index (χ3v) is 5.03. The van der Waals surface area contributed by atoms with Crippen LogP contribution in [-0.4, -0.2) is 11.8 Å². The lowest BCUT2D eigenvalue weighted by molar-refractivity contribution is -0.121. The molecule has 0 spiro atoms. The fourth-order valence-corrected chi connectivity index (χ4v) is 3.21. The van der Waals surface area contributed by atoms with Crippen molar-refractivity contribution in [2.24, 2.45) is 0 Å². The molecule has 0 unspecified atom stereocenters. The number of amides is 2. The van der Waals surface area contributed by atoms with Gasteiger partial charge >= 0.3 is 0 Å². The number of carbonyl (C=O) groups excluding carboxylic acids is 2. The quantitative estimate of drug-likeness (QED) is 0.523. The van der Waals surface area contributed by atoms with Crippen LogP contribution in [0.5, 0.6) is 5.75 Å². The van der Waals surface area contributed by atoms with E-state index < -0.39 is 17.6 Å². The van der Waals surface area contributed by atoms with Gasteiger partial charge in [-0.15, -0.1) is 0 Å². The average Bonchev–Trinajstić information content (AvgIpc) is 2.78. The number of benzene rings is 3. The van der Waals surface area contributed by atoms with E-state index in [1.54, 1.807) is 36.4 Å². The van der Waals surface area contributed by atoms with Gasteiger partial charge in [0.2, 0.25) is 5.91 Å². The maximum Gasteiger partial charge on any atom is 0.269 e. The zero-order valence-electron chi connectivity index (χ0n) is 18.4. The fourth-order valence-electron chi connectivity index (χ4n) is 3.21. The molecule has 0 saturated heterocycles. The molecule has 0 radical (unpaired) electrons. The molecule has 0 bridgehead atoms. The maximum atomic E-state index is 13.6. The first-order valence-electron chi connectivity index (χ1n) is 10.5. The third kappa shape index (κ3) is 6.17. The summed E-state index contributed by atoms with van der Waals surface area (Å²) < 4.78 is 19.6. The number of ether oxygens (including phenoxy) is 1. The summed E-state index contributed by atoms with van der Waals surface area (Å²) >= 11 is 0. The molecule has 3 aromatic carbocycles. The van der Waals surface area contributed by atoms with Crippen LogP contribution in [0.3, 0.4) is 0 Å². The van der Waals surface area contributed by atoms with Gasteiger partial charge in [-0.05, 0) is 59.4 Å². The number of carbonyl (C=O) groups is 2. The highest BCUT2D eigenvalue weighted by Gasteiger charge is 2.11. The van der Waals surface area contributed by atoms with Gasteiger partial charge in [-0.2, -0.15) is 0 Å². The van der Waals surface area contributed by atoms with E-state index >= 15 is 0 Å². The molecular formula is C26H27FN2O3. The minimum Gasteiger partial charge on any atom is -0.489 e. The van der Waals surface area contributed by atoms with Crippen molar-refractivity contribution < 1.29 is 18.7 Å². The Morgan fingerprint density at radius 3 is 2.38 bits per heavy atom. The molecule has 0 aromatic heterocycles. The van der Waals surface area contributed by atoms with Gasteiger partial charge < -0.3 is 4.74 Å². The van der Waals surface area contributed by atoms with Crippen LogP contribution in [0.15, 0.2) is 66.7 Å². The van der Waals surface area contributed by atoms with E-state index in [2.05, 4.69) is 36.8 Å². The van der Waals surface area contributed by atoms with Crippen molar-refractivity contribution in [3.05, 3.63) is 100 Å². The number of rotatable bonds is 7. The Kier molecular flexibility index (Phi) is 7.60. The molecule has 0 aliphatic rings. The molecule has 32 heavy (non-hydrogen) atoms. The summed E-state index contributed by atoms with van der Waals surface area (Å²) in [7, 11) is 0. The molecule has 0 heterocycles. The second kappa shape index (κ2) is 10.6.